The van der Waals surface area contributed by atoms with E-state index in [0.717, 1.165) is 5.41 Å². The van der Waals surface area contributed by atoms with Gasteiger partial charge in [-0.2, -0.15) is 0 Å². The van der Waals surface area contributed by atoms with Crippen molar-refractivity contribution in [2.45, 2.75) is 0 Å². The van der Waals surface area contributed by atoms with E-state index < -0.39 is 20.9 Å². The molecule has 0 atom stereocenters. The first-order valence-electron chi connectivity index (χ1n) is 6.42. The molecule has 8 heteroatoms. The fourth-order valence-electron chi connectivity index (χ4n) is 1.69. The molecule has 7 nitrogen and oxygen atoms in total. The number of benzene rings is 2. The van der Waals surface area contributed by atoms with Crippen LogP contribution < -0.4 is 4.72 Å². The quantitative estimate of drug-likeness (QED) is 0.668. The average molecular weight is 332 g/mol. The van der Waals surface area contributed by atoms with E-state index in [9.17, 15) is 23.3 Å². The summed E-state index contributed by atoms with van der Waals surface area (Å²) in [5.41, 5.74) is 0.579. The molecule has 23 heavy (non-hydrogen) atoms. The van der Waals surface area contributed by atoms with Crippen molar-refractivity contribution in [3.63, 3.8) is 0 Å². The minimum Gasteiger partial charge on any atom is -0.268 e. The molecule has 2 aromatic carbocycles. The number of hydrogen-bond donors (Lipinski definition) is 1. The molecule has 2 aromatic rings. The summed E-state index contributed by atoms with van der Waals surface area (Å²) in [5.74, 6) is -0.737. The molecular formula is C15H12N2O5S. The van der Waals surface area contributed by atoms with Crippen LogP contribution in [0.3, 0.4) is 0 Å². The highest BCUT2D eigenvalue weighted by atomic mass is 32.2. The number of rotatable bonds is 5. The largest absolute Gasteiger partial charge is 0.269 e. The lowest BCUT2D eigenvalue weighted by molar-refractivity contribution is -0.384. The average Bonchev–Trinajstić information content (AvgIpc) is 2.54. The number of amides is 1. The van der Waals surface area contributed by atoms with Crippen molar-refractivity contribution in [3.8, 4) is 0 Å². The molecule has 0 aliphatic heterocycles. The monoisotopic (exact) mass is 332 g/mol. The zero-order valence-corrected chi connectivity index (χ0v) is 12.6. The van der Waals surface area contributed by atoms with Crippen molar-refractivity contribution >= 4 is 27.7 Å². The van der Waals surface area contributed by atoms with Gasteiger partial charge in [0.2, 0.25) is 0 Å². The molecule has 0 heterocycles. The Kier molecular flexibility index (Phi) is 4.87. The lowest BCUT2D eigenvalue weighted by atomic mass is 10.2. The highest BCUT2D eigenvalue weighted by Gasteiger charge is 2.12. The van der Waals surface area contributed by atoms with E-state index in [0.29, 0.717) is 5.56 Å². The van der Waals surface area contributed by atoms with Gasteiger partial charge in [-0.15, -0.1) is 0 Å². The number of hydrogen-bond acceptors (Lipinski definition) is 5. The number of carbonyl (C=O) groups excluding carboxylic acids is 1. The Hall–Kier alpha value is -3.00. The number of nitrogens with one attached hydrogen (secondary N) is 1. The molecule has 0 aliphatic carbocycles. The van der Waals surface area contributed by atoms with E-state index in [1.807, 2.05) is 4.72 Å². The van der Waals surface area contributed by atoms with E-state index in [4.69, 9.17) is 0 Å². The standard InChI is InChI=1S/C15H12N2O5S/c18-15(13-4-2-1-3-5-13)16-23(21,22)11-10-12-6-8-14(9-7-12)17(19)20/h1-11H,(H,16,18)/b11-10+. The van der Waals surface area contributed by atoms with Crippen LogP contribution in [0.5, 0.6) is 0 Å². The highest BCUT2D eigenvalue weighted by molar-refractivity contribution is 7.93. The van der Waals surface area contributed by atoms with Gasteiger partial charge in [0.05, 0.1) is 10.3 Å². The molecule has 0 aromatic heterocycles. The number of carbonyl (C=O) groups is 1. The first kappa shape index (κ1) is 16.4. The summed E-state index contributed by atoms with van der Waals surface area (Å²) in [4.78, 5) is 21.8. The lowest BCUT2D eigenvalue weighted by Gasteiger charge is -2.03. The molecule has 0 bridgehead atoms. The van der Waals surface area contributed by atoms with Crippen LogP contribution >= 0.6 is 0 Å². The smallest absolute Gasteiger partial charge is 0.268 e. The van der Waals surface area contributed by atoms with Gasteiger partial charge in [-0.3, -0.25) is 14.9 Å². The number of nitrogens with zero attached hydrogens (tertiary/aromatic N) is 1. The molecule has 0 fully saturated rings. The summed E-state index contributed by atoms with van der Waals surface area (Å²) in [5, 5.41) is 11.4. The molecule has 0 radical (unpaired) electrons. The maximum Gasteiger partial charge on any atom is 0.269 e. The number of nitro benzene ring substituents is 1. The number of nitro groups is 1. The van der Waals surface area contributed by atoms with Crippen molar-refractivity contribution in [2.75, 3.05) is 0 Å². The number of sulfonamides is 1. The van der Waals surface area contributed by atoms with Gasteiger partial charge < -0.3 is 0 Å². The normalized spacial score (nSPS) is 11.3. The molecule has 1 N–H and O–H groups in total. The van der Waals surface area contributed by atoms with E-state index >= 15 is 0 Å². The second-order valence-electron chi connectivity index (χ2n) is 4.49. The van der Waals surface area contributed by atoms with Gasteiger partial charge in [0.1, 0.15) is 0 Å². The van der Waals surface area contributed by atoms with Crippen molar-refractivity contribution in [1.82, 2.24) is 4.72 Å². The molecule has 0 spiro atoms. The molecule has 0 unspecified atom stereocenters. The fourth-order valence-corrected chi connectivity index (χ4v) is 2.47. The topological polar surface area (TPSA) is 106 Å². The molecule has 2 rings (SSSR count). The van der Waals surface area contributed by atoms with Crippen LogP contribution in [0, 0.1) is 10.1 Å². The SMILES string of the molecule is O=C(NS(=O)(=O)/C=C/c1ccc([N+](=O)[O-])cc1)c1ccccc1. The minimum absolute atomic E-state index is 0.0950. The third kappa shape index (κ3) is 4.75. The molecule has 0 saturated heterocycles. The highest BCUT2D eigenvalue weighted by Crippen LogP contribution is 2.13. The molecular weight excluding hydrogens is 320 g/mol. The molecule has 0 saturated carbocycles. The second kappa shape index (κ2) is 6.84. The van der Waals surface area contributed by atoms with Crippen LogP contribution in [0.1, 0.15) is 15.9 Å². The Balaban J connectivity index is 2.08. The van der Waals surface area contributed by atoms with Gasteiger partial charge in [-0.25, -0.2) is 13.1 Å². The Morgan fingerprint density at radius 2 is 1.65 bits per heavy atom. The maximum atomic E-state index is 11.8. The molecule has 1 amide bonds. The van der Waals surface area contributed by atoms with Gasteiger partial charge in [0, 0.05) is 17.7 Å². The van der Waals surface area contributed by atoms with Gasteiger partial charge in [0.15, 0.2) is 0 Å². The Bertz CT molecular complexity index is 843. The van der Waals surface area contributed by atoms with E-state index in [2.05, 4.69) is 0 Å². The van der Waals surface area contributed by atoms with Crippen molar-refractivity contribution in [1.29, 1.82) is 0 Å². The summed E-state index contributed by atoms with van der Waals surface area (Å²) < 4.78 is 25.6. The lowest BCUT2D eigenvalue weighted by Crippen LogP contribution is -2.28. The minimum atomic E-state index is -3.97. The van der Waals surface area contributed by atoms with E-state index in [1.54, 1.807) is 18.2 Å². The summed E-state index contributed by atoms with van der Waals surface area (Å²) in [6.45, 7) is 0. The van der Waals surface area contributed by atoms with Crippen LogP contribution in [0.4, 0.5) is 5.69 Å². The number of non-ortho nitro benzene ring substituents is 1. The van der Waals surface area contributed by atoms with Crippen LogP contribution in [0.2, 0.25) is 0 Å². The first-order chi connectivity index (χ1) is 10.9. The fraction of sp³-hybridized carbons (Fsp3) is 0. The summed E-state index contributed by atoms with van der Waals surface area (Å²) in [6, 6.07) is 13.3. The van der Waals surface area contributed by atoms with Gasteiger partial charge in [-0.05, 0) is 35.9 Å². The van der Waals surface area contributed by atoms with Crippen LogP contribution in [-0.2, 0) is 10.0 Å². The third-order valence-electron chi connectivity index (χ3n) is 2.81. The van der Waals surface area contributed by atoms with Crippen LogP contribution in [0.25, 0.3) is 6.08 Å². The summed E-state index contributed by atoms with van der Waals surface area (Å²) in [6.07, 6.45) is 1.24. The van der Waals surface area contributed by atoms with Crippen LogP contribution in [0.15, 0.2) is 60.0 Å². The Morgan fingerprint density at radius 1 is 1.04 bits per heavy atom. The molecule has 0 aliphatic rings. The van der Waals surface area contributed by atoms with Gasteiger partial charge >= 0.3 is 0 Å². The van der Waals surface area contributed by atoms with Gasteiger partial charge in [0.25, 0.3) is 21.6 Å². The summed E-state index contributed by atoms with van der Waals surface area (Å²) >= 11 is 0. The zero-order chi connectivity index (χ0) is 16.9. The first-order valence-corrected chi connectivity index (χ1v) is 7.97. The van der Waals surface area contributed by atoms with E-state index in [-0.39, 0.29) is 11.3 Å². The van der Waals surface area contributed by atoms with E-state index in [1.165, 1.54) is 42.5 Å². The van der Waals surface area contributed by atoms with Crippen molar-refractivity contribution in [2.24, 2.45) is 0 Å². The Labute approximate surface area is 132 Å². The third-order valence-corrected chi connectivity index (χ3v) is 3.78. The predicted molar refractivity (Wildman–Crippen MR) is 85.0 cm³/mol. The summed E-state index contributed by atoms with van der Waals surface area (Å²) in [7, 11) is -3.97. The molecule has 118 valence electrons. The predicted octanol–water partition coefficient (Wildman–Crippen LogP) is 2.33. The van der Waals surface area contributed by atoms with Crippen LogP contribution in [-0.4, -0.2) is 19.2 Å². The van der Waals surface area contributed by atoms with Crippen molar-refractivity contribution in [3.05, 3.63) is 81.2 Å². The maximum absolute atomic E-state index is 11.8. The second-order valence-corrected chi connectivity index (χ2v) is 6.06. The Morgan fingerprint density at radius 3 is 2.22 bits per heavy atom. The zero-order valence-electron chi connectivity index (χ0n) is 11.7. The van der Waals surface area contributed by atoms with Crippen molar-refractivity contribution < 1.29 is 18.1 Å². The van der Waals surface area contributed by atoms with Gasteiger partial charge in [-0.1, -0.05) is 18.2 Å².